The number of hydrogen-bond donors (Lipinski definition) is 2. The fraction of sp³-hybridized carbons (Fsp3) is 0.333. The van der Waals surface area contributed by atoms with Gasteiger partial charge in [-0.25, -0.2) is 18.4 Å². The van der Waals surface area contributed by atoms with E-state index in [4.69, 9.17) is 4.78 Å². The van der Waals surface area contributed by atoms with Gasteiger partial charge in [-0.3, -0.25) is 9.78 Å². The maximum Gasteiger partial charge on any atom is 0.334 e. The van der Waals surface area contributed by atoms with Crippen molar-refractivity contribution in [2.45, 2.75) is 37.0 Å². The van der Waals surface area contributed by atoms with Crippen molar-refractivity contribution < 1.29 is 4.21 Å². The molecule has 7 nitrogen and oxygen atoms in total. The third-order valence-corrected chi connectivity index (χ3v) is 8.25. The molecule has 0 bridgehead atoms. The molecule has 0 saturated heterocycles. The Labute approximate surface area is 177 Å². The number of hydrogen-bond acceptors (Lipinski definition) is 5. The van der Waals surface area contributed by atoms with E-state index in [1.165, 1.54) is 22.5 Å². The molecule has 30 heavy (non-hydrogen) atoms. The second-order valence-corrected chi connectivity index (χ2v) is 11.2. The van der Waals surface area contributed by atoms with E-state index in [9.17, 15) is 13.8 Å². The fourth-order valence-corrected chi connectivity index (χ4v) is 6.66. The molecule has 1 aliphatic rings. The third-order valence-electron chi connectivity index (χ3n) is 5.88. The van der Waals surface area contributed by atoms with Crippen molar-refractivity contribution in [1.82, 2.24) is 14.1 Å². The van der Waals surface area contributed by atoms with E-state index in [2.05, 4.69) is 4.98 Å². The monoisotopic (exact) mass is 442 g/mol. The minimum Gasteiger partial charge on any atom is -0.349 e. The third kappa shape index (κ3) is 2.87. The molecule has 0 spiro atoms. The summed E-state index contributed by atoms with van der Waals surface area (Å²) in [7, 11) is -1.14. The van der Waals surface area contributed by atoms with Gasteiger partial charge in [-0.05, 0) is 49.4 Å². The molecule has 9 heteroatoms. The highest BCUT2D eigenvalue weighted by molar-refractivity contribution is 7.92. The van der Waals surface area contributed by atoms with E-state index in [0.29, 0.717) is 26.2 Å². The Morgan fingerprint density at radius 2 is 1.93 bits per heavy atom. The summed E-state index contributed by atoms with van der Waals surface area (Å²) >= 11 is 1.52. The Balaban J connectivity index is 1.81. The van der Waals surface area contributed by atoms with E-state index in [0.717, 1.165) is 47.8 Å². The van der Waals surface area contributed by atoms with Crippen LogP contribution in [-0.4, -0.2) is 24.6 Å². The molecule has 2 N–H and O–H groups in total. The fourth-order valence-electron chi connectivity index (χ4n) is 4.44. The van der Waals surface area contributed by atoms with Crippen LogP contribution in [-0.2, 0) is 29.6 Å². The van der Waals surface area contributed by atoms with Gasteiger partial charge in [-0.1, -0.05) is 6.42 Å². The molecular formula is C21H22N4O3S2. The molecule has 0 amide bonds. The maximum atomic E-state index is 13.5. The molecule has 4 aromatic rings. The predicted octanol–water partition coefficient (Wildman–Crippen LogP) is 3.54. The van der Waals surface area contributed by atoms with Crippen LogP contribution in [0.5, 0.6) is 0 Å². The van der Waals surface area contributed by atoms with Crippen molar-refractivity contribution in [3.8, 4) is 5.69 Å². The molecule has 0 fully saturated rings. The molecular weight excluding hydrogens is 420 g/mol. The summed E-state index contributed by atoms with van der Waals surface area (Å²) in [6.07, 6.45) is 8.16. The quantitative estimate of drug-likeness (QED) is 0.464. The van der Waals surface area contributed by atoms with Gasteiger partial charge in [0.25, 0.3) is 5.56 Å². The summed E-state index contributed by atoms with van der Waals surface area (Å²) < 4.78 is 23.4. The van der Waals surface area contributed by atoms with E-state index >= 15 is 0 Å². The molecule has 1 aromatic carbocycles. The highest BCUT2D eigenvalue weighted by atomic mass is 32.2. The van der Waals surface area contributed by atoms with E-state index in [1.54, 1.807) is 29.0 Å². The number of aromatic amines is 1. The van der Waals surface area contributed by atoms with Gasteiger partial charge in [-0.15, -0.1) is 11.3 Å². The van der Waals surface area contributed by atoms with E-state index < -0.39 is 15.4 Å². The zero-order valence-corrected chi connectivity index (χ0v) is 18.4. The SMILES string of the molecule is Cn1cc(S(C)(=N)=O)c2cc(-n3c(=O)[nH]c4sc5c(c4c3=O)CCCCC5)ccc21. The first-order valence-electron chi connectivity index (χ1n) is 9.88. The molecule has 156 valence electrons. The molecule has 0 saturated carbocycles. The molecule has 1 atom stereocenters. The van der Waals surface area contributed by atoms with Gasteiger partial charge in [0.05, 0.1) is 25.7 Å². The largest absolute Gasteiger partial charge is 0.349 e. The van der Waals surface area contributed by atoms with Gasteiger partial charge < -0.3 is 4.57 Å². The number of H-pyrrole nitrogens is 1. The second kappa shape index (κ2) is 6.68. The topological polar surface area (TPSA) is 101 Å². The maximum absolute atomic E-state index is 13.5. The first kappa shape index (κ1) is 19.3. The molecule has 0 radical (unpaired) electrons. The van der Waals surface area contributed by atoms with Crippen LogP contribution in [0.15, 0.2) is 38.9 Å². The molecule has 1 unspecified atom stereocenters. The van der Waals surface area contributed by atoms with E-state index in [-0.39, 0.29) is 5.56 Å². The van der Waals surface area contributed by atoms with Crippen LogP contribution in [0.3, 0.4) is 0 Å². The lowest BCUT2D eigenvalue weighted by molar-refractivity contribution is 0.679. The lowest BCUT2D eigenvalue weighted by Gasteiger charge is -2.07. The normalized spacial score (nSPS) is 16.5. The van der Waals surface area contributed by atoms with Crippen LogP contribution in [0.25, 0.3) is 26.8 Å². The average molecular weight is 443 g/mol. The summed E-state index contributed by atoms with van der Waals surface area (Å²) in [6, 6.07) is 5.21. The first-order chi connectivity index (χ1) is 14.3. The number of nitrogens with zero attached hydrogens (tertiary/aromatic N) is 2. The number of fused-ring (bicyclic) bond motifs is 4. The van der Waals surface area contributed by atoms with Crippen LogP contribution < -0.4 is 11.2 Å². The molecule has 1 aliphatic carbocycles. The minimum absolute atomic E-state index is 0.312. The zero-order chi connectivity index (χ0) is 21.2. The number of aromatic nitrogens is 3. The van der Waals surface area contributed by atoms with Crippen LogP contribution in [0.1, 0.15) is 29.7 Å². The van der Waals surface area contributed by atoms with Crippen LogP contribution in [0.4, 0.5) is 0 Å². The Bertz CT molecular complexity index is 1550. The summed E-state index contributed by atoms with van der Waals surface area (Å²) in [6.45, 7) is 0. The van der Waals surface area contributed by atoms with Gasteiger partial charge in [0.1, 0.15) is 4.83 Å². The lowest BCUT2D eigenvalue weighted by atomic mass is 10.1. The number of nitrogens with one attached hydrogen (secondary N) is 2. The summed E-state index contributed by atoms with van der Waals surface area (Å²) in [5, 5.41) is 1.23. The van der Waals surface area contributed by atoms with Gasteiger partial charge >= 0.3 is 5.69 Å². The zero-order valence-electron chi connectivity index (χ0n) is 16.8. The van der Waals surface area contributed by atoms with Crippen molar-refractivity contribution in [2.24, 2.45) is 7.05 Å². The van der Waals surface area contributed by atoms with Crippen molar-refractivity contribution in [1.29, 1.82) is 4.78 Å². The van der Waals surface area contributed by atoms with Gasteiger partial charge in [0.15, 0.2) is 0 Å². The number of thiophene rings is 1. The number of aryl methyl sites for hydroxylation is 3. The average Bonchev–Trinajstić information content (AvgIpc) is 3.10. The highest BCUT2D eigenvalue weighted by Crippen LogP contribution is 2.33. The Morgan fingerprint density at radius 3 is 2.70 bits per heavy atom. The summed E-state index contributed by atoms with van der Waals surface area (Å²) in [4.78, 5) is 31.5. The molecule has 3 heterocycles. The van der Waals surface area contributed by atoms with Gasteiger partial charge in [-0.2, -0.15) is 0 Å². The molecule has 5 rings (SSSR count). The van der Waals surface area contributed by atoms with Crippen LogP contribution in [0, 0.1) is 4.78 Å². The summed E-state index contributed by atoms with van der Waals surface area (Å²) in [5.41, 5.74) is 1.49. The predicted molar refractivity (Wildman–Crippen MR) is 121 cm³/mol. The van der Waals surface area contributed by atoms with Gasteiger partial charge in [0.2, 0.25) is 0 Å². The first-order valence-corrected chi connectivity index (χ1v) is 12.7. The van der Waals surface area contributed by atoms with Crippen molar-refractivity contribution in [3.05, 3.63) is 55.7 Å². The van der Waals surface area contributed by atoms with Crippen molar-refractivity contribution in [2.75, 3.05) is 6.26 Å². The Hall–Kier alpha value is -2.65. The van der Waals surface area contributed by atoms with Gasteiger partial charge in [0, 0.05) is 35.3 Å². The second-order valence-electron chi connectivity index (χ2n) is 7.99. The highest BCUT2D eigenvalue weighted by Gasteiger charge is 2.21. The van der Waals surface area contributed by atoms with Crippen molar-refractivity contribution in [3.63, 3.8) is 0 Å². The number of rotatable bonds is 2. The Kier molecular flexibility index (Phi) is 4.30. The van der Waals surface area contributed by atoms with Crippen molar-refractivity contribution >= 4 is 42.2 Å². The minimum atomic E-state index is -2.96. The summed E-state index contributed by atoms with van der Waals surface area (Å²) in [5.74, 6) is 0. The smallest absolute Gasteiger partial charge is 0.334 e. The molecule has 0 aliphatic heterocycles. The number of benzene rings is 1. The molecule has 3 aromatic heterocycles. The van der Waals surface area contributed by atoms with Crippen LogP contribution in [0.2, 0.25) is 0 Å². The lowest BCUT2D eigenvalue weighted by Crippen LogP contribution is -2.33. The Morgan fingerprint density at radius 1 is 1.17 bits per heavy atom. The standard InChI is InChI=1S/C21H22N4O3S2/c1-24-11-17(30(2,22)28)14-10-12(8-9-15(14)24)25-20(26)18-13-6-4-3-5-7-16(13)29-19(18)23-21(25)27/h8-11,22H,3-7H2,1-2H3,(H,23,27). The van der Waals surface area contributed by atoms with Crippen LogP contribution >= 0.6 is 11.3 Å². The van der Waals surface area contributed by atoms with E-state index in [1.807, 2.05) is 7.05 Å².